The Morgan fingerprint density at radius 3 is 2.39 bits per heavy atom. The molecule has 0 aliphatic rings. The second kappa shape index (κ2) is 7.93. The first-order valence-electron chi connectivity index (χ1n) is 8.41. The van der Waals surface area contributed by atoms with Crippen LogP contribution in [0.3, 0.4) is 0 Å². The number of nitrogens with zero attached hydrogens (tertiary/aromatic N) is 2. The van der Waals surface area contributed by atoms with E-state index in [4.69, 9.17) is 23.2 Å². The van der Waals surface area contributed by atoms with Crippen molar-refractivity contribution in [3.8, 4) is 11.8 Å². The minimum absolute atomic E-state index is 0.0441. The van der Waals surface area contributed by atoms with Gasteiger partial charge in [0.15, 0.2) is 0 Å². The van der Waals surface area contributed by atoms with Gasteiger partial charge in [0.2, 0.25) is 0 Å². The molecule has 0 aliphatic carbocycles. The molecule has 3 aromatic rings. The Bertz CT molecular complexity index is 1140. The highest BCUT2D eigenvalue weighted by Gasteiger charge is 2.15. The molecule has 0 saturated heterocycles. The Kier molecular flexibility index (Phi) is 5.60. The number of carboxylic acid groups (broad SMARTS) is 1. The van der Waals surface area contributed by atoms with Gasteiger partial charge < -0.3 is 9.67 Å². The Labute approximate surface area is 172 Å². The average Bonchev–Trinajstić information content (AvgIpc) is 2.94. The third-order valence-electron chi connectivity index (χ3n) is 4.48. The molecule has 0 amide bonds. The van der Waals surface area contributed by atoms with Crippen molar-refractivity contribution in [1.29, 1.82) is 5.26 Å². The number of benzene rings is 2. The van der Waals surface area contributed by atoms with Gasteiger partial charge in [0.25, 0.3) is 0 Å². The first kappa shape index (κ1) is 19.8. The van der Waals surface area contributed by atoms with Crippen LogP contribution in [0.1, 0.15) is 32.9 Å². The number of carbonyl (C=O) groups is 1. The Balaban J connectivity index is 2.10. The van der Waals surface area contributed by atoms with E-state index in [-0.39, 0.29) is 10.6 Å². The third kappa shape index (κ3) is 3.82. The van der Waals surface area contributed by atoms with Crippen LogP contribution in [-0.2, 0) is 0 Å². The van der Waals surface area contributed by atoms with Crippen molar-refractivity contribution in [3.05, 3.63) is 86.7 Å². The molecule has 0 saturated carbocycles. The Hall–Kier alpha value is -3.00. The Morgan fingerprint density at radius 1 is 1.11 bits per heavy atom. The van der Waals surface area contributed by atoms with Crippen LogP contribution in [0.5, 0.6) is 0 Å². The van der Waals surface area contributed by atoms with E-state index >= 15 is 0 Å². The topological polar surface area (TPSA) is 66.0 Å². The molecule has 0 aliphatic heterocycles. The molecule has 0 atom stereocenters. The molecule has 3 rings (SSSR count). The van der Waals surface area contributed by atoms with Crippen LogP contribution < -0.4 is 0 Å². The maximum Gasteiger partial charge on any atom is 0.337 e. The number of nitriles is 1. The first-order valence-corrected chi connectivity index (χ1v) is 9.17. The van der Waals surface area contributed by atoms with Crippen LogP contribution in [0.2, 0.25) is 10.0 Å². The Morgan fingerprint density at radius 2 is 1.79 bits per heavy atom. The maximum atomic E-state index is 11.4. The summed E-state index contributed by atoms with van der Waals surface area (Å²) in [6.07, 6.45) is 1.82. The van der Waals surface area contributed by atoms with Crippen molar-refractivity contribution in [2.24, 2.45) is 0 Å². The molecule has 4 nitrogen and oxygen atoms in total. The van der Waals surface area contributed by atoms with Crippen molar-refractivity contribution >= 4 is 40.8 Å². The average molecular weight is 411 g/mol. The molecule has 6 heteroatoms. The van der Waals surface area contributed by atoms with Gasteiger partial charge in [-0.1, -0.05) is 35.3 Å². The van der Waals surface area contributed by atoms with Crippen molar-refractivity contribution in [3.63, 3.8) is 0 Å². The van der Waals surface area contributed by atoms with Crippen molar-refractivity contribution < 1.29 is 9.90 Å². The number of aromatic carboxylic acids is 1. The van der Waals surface area contributed by atoms with E-state index in [0.717, 1.165) is 22.5 Å². The number of hydrogen-bond donors (Lipinski definition) is 1. The molecule has 0 radical (unpaired) electrons. The summed E-state index contributed by atoms with van der Waals surface area (Å²) in [6.45, 7) is 3.85. The van der Waals surface area contributed by atoms with E-state index in [2.05, 4.69) is 6.07 Å². The molecule has 0 bridgehead atoms. The largest absolute Gasteiger partial charge is 0.478 e. The van der Waals surface area contributed by atoms with Crippen LogP contribution in [0.15, 0.2) is 48.5 Å². The molecule has 1 N–H and O–H groups in total. The maximum absolute atomic E-state index is 11.4. The number of allylic oxidation sites excluding steroid dienone is 1. The van der Waals surface area contributed by atoms with Crippen molar-refractivity contribution in [2.45, 2.75) is 13.8 Å². The summed E-state index contributed by atoms with van der Waals surface area (Å²) in [6, 6.07) is 16.2. The molecule has 1 heterocycles. The molecule has 0 spiro atoms. The van der Waals surface area contributed by atoms with Gasteiger partial charge in [0.05, 0.1) is 22.2 Å². The molecule has 0 unspecified atom stereocenters. The van der Waals surface area contributed by atoms with Crippen LogP contribution in [-0.4, -0.2) is 15.6 Å². The van der Waals surface area contributed by atoms with E-state index in [1.54, 1.807) is 42.5 Å². The quantitative estimate of drug-likeness (QED) is 0.523. The third-order valence-corrected chi connectivity index (χ3v) is 5.07. The van der Waals surface area contributed by atoms with Crippen LogP contribution >= 0.6 is 23.2 Å². The summed E-state index contributed by atoms with van der Waals surface area (Å²) in [5.41, 5.74) is 4.70. The highest BCUT2D eigenvalue weighted by atomic mass is 35.5. The van der Waals surface area contributed by atoms with Gasteiger partial charge in [-0.25, -0.2) is 4.79 Å². The van der Waals surface area contributed by atoms with Crippen LogP contribution in [0, 0.1) is 25.2 Å². The molecule has 28 heavy (non-hydrogen) atoms. The fourth-order valence-electron chi connectivity index (χ4n) is 3.11. The number of carboxylic acids is 1. The van der Waals surface area contributed by atoms with Gasteiger partial charge in [0, 0.05) is 22.1 Å². The van der Waals surface area contributed by atoms with Gasteiger partial charge in [-0.3, -0.25) is 0 Å². The molecule has 1 aromatic heterocycles. The summed E-state index contributed by atoms with van der Waals surface area (Å²) in [4.78, 5) is 11.4. The first-order chi connectivity index (χ1) is 13.3. The highest BCUT2D eigenvalue weighted by molar-refractivity contribution is 6.33. The summed E-state index contributed by atoms with van der Waals surface area (Å²) >= 11 is 11.9. The van der Waals surface area contributed by atoms with Gasteiger partial charge >= 0.3 is 5.97 Å². The van der Waals surface area contributed by atoms with Crippen molar-refractivity contribution in [1.82, 2.24) is 4.57 Å². The van der Waals surface area contributed by atoms with Gasteiger partial charge in [0.1, 0.15) is 0 Å². The molecule has 2 aromatic carbocycles. The van der Waals surface area contributed by atoms with E-state index in [1.165, 1.54) is 0 Å². The minimum atomic E-state index is -1.08. The lowest BCUT2D eigenvalue weighted by atomic mass is 10.0. The number of aryl methyl sites for hydroxylation is 1. The number of aromatic nitrogens is 1. The molecule has 0 fully saturated rings. The molecule has 140 valence electrons. The number of hydrogen-bond acceptors (Lipinski definition) is 2. The van der Waals surface area contributed by atoms with E-state index in [0.29, 0.717) is 16.3 Å². The fourth-order valence-corrected chi connectivity index (χ4v) is 3.44. The standard InChI is InChI=1S/C22H16Cl2N2O2/c1-13-9-16(10-17(12-25)15-3-5-18(23)6-4-15)14(2)26(13)19-7-8-21(24)20(11-19)22(27)28/h3-11H,1-2H3,(H,27,28). The van der Waals surface area contributed by atoms with E-state index in [9.17, 15) is 15.2 Å². The number of rotatable bonds is 4. The molecular weight excluding hydrogens is 395 g/mol. The highest BCUT2D eigenvalue weighted by Crippen LogP contribution is 2.28. The minimum Gasteiger partial charge on any atom is -0.478 e. The second-order valence-corrected chi connectivity index (χ2v) is 7.15. The monoisotopic (exact) mass is 410 g/mol. The lowest BCUT2D eigenvalue weighted by Gasteiger charge is -2.11. The molecular formula is C22H16Cl2N2O2. The lowest BCUT2D eigenvalue weighted by Crippen LogP contribution is -2.03. The summed E-state index contributed by atoms with van der Waals surface area (Å²) in [5.74, 6) is -1.08. The smallest absolute Gasteiger partial charge is 0.337 e. The summed E-state index contributed by atoms with van der Waals surface area (Å²) in [7, 11) is 0. The van der Waals surface area contributed by atoms with E-state index in [1.807, 2.05) is 30.6 Å². The zero-order valence-corrected chi connectivity index (χ0v) is 16.7. The van der Waals surface area contributed by atoms with Crippen LogP contribution in [0.25, 0.3) is 17.3 Å². The zero-order chi connectivity index (χ0) is 20.4. The summed E-state index contributed by atoms with van der Waals surface area (Å²) < 4.78 is 1.94. The normalized spacial score (nSPS) is 11.3. The lowest BCUT2D eigenvalue weighted by molar-refractivity contribution is 0.0697. The zero-order valence-electron chi connectivity index (χ0n) is 15.2. The second-order valence-electron chi connectivity index (χ2n) is 6.31. The van der Waals surface area contributed by atoms with Gasteiger partial charge in [-0.05, 0) is 67.4 Å². The van der Waals surface area contributed by atoms with E-state index < -0.39 is 5.97 Å². The van der Waals surface area contributed by atoms with Crippen LogP contribution in [0.4, 0.5) is 0 Å². The number of halogens is 2. The van der Waals surface area contributed by atoms with Gasteiger partial charge in [-0.15, -0.1) is 0 Å². The van der Waals surface area contributed by atoms with Crippen molar-refractivity contribution in [2.75, 3.05) is 0 Å². The van der Waals surface area contributed by atoms with Gasteiger partial charge in [-0.2, -0.15) is 5.26 Å². The predicted octanol–water partition coefficient (Wildman–Crippen LogP) is 6.16. The fraction of sp³-hybridized carbons (Fsp3) is 0.0909. The summed E-state index contributed by atoms with van der Waals surface area (Å²) in [5, 5.41) is 19.7. The predicted molar refractivity (Wildman–Crippen MR) is 112 cm³/mol. The SMILES string of the molecule is Cc1cc(C=C(C#N)c2ccc(Cl)cc2)c(C)n1-c1ccc(Cl)c(C(=O)O)c1.